The van der Waals surface area contributed by atoms with Gasteiger partial charge in [-0.1, -0.05) is 64.0 Å². The maximum absolute atomic E-state index is 11.9. The van der Waals surface area contributed by atoms with Crippen molar-refractivity contribution in [3.05, 3.63) is 12.2 Å². The van der Waals surface area contributed by atoms with Crippen molar-refractivity contribution in [1.82, 2.24) is 5.32 Å². The molecule has 0 aliphatic heterocycles. The molecule has 0 aliphatic carbocycles. The standard InChI is InChI=1S/C25H48N2O4/c1-4-5-6-13-17-23(28)18-14-11-9-7-8-10-12-15-19-24(29)26-20-16-21-27(2,3)22-25(30)31/h11,14,23,28H,4-10,12-13,15-22H2,1-3H3,(H-,26,29,30,31). The topological polar surface area (TPSA) is 89.5 Å². The van der Waals surface area contributed by atoms with Crippen LogP contribution in [0.3, 0.4) is 0 Å². The van der Waals surface area contributed by atoms with E-state index in [1.807, 2.05) is 14.1 Å². The Morgan fingerprint density at radius 2 is 1.65 bits per heavy atom. The van der Waals surface area contributed by atoms with Gasteiger partial charge in [0, 0.05) is 19.4 Å². The van der Waals surface area contributed by atoms with Gasteiger partial charge in [0.1, 0.15) is 6.54 Å². The number of likely N-dealkylation sites (N-methyl/N-ethyl adjacent to an activating group) is 1. The van der Waals surface area contributed by atoms with Gasteiger partial charge in [0.05, 0.1) is 32.7 Å². The van der Waals surface area contributed by atoms with Crippen molar-refractivity contribution < 1.29 is 24.3 Å². The van der Waals surface area contributed by atoms with Crippen LogP contribution in [0.15, 0.2) is 12.2 Å². The van der Waals surface area contributed by atoms with Gasteiger partial charge in [-0.15, -0.1) is 0 Å². The van der Waals surface area contributed by atoms with Gasteiger partial charge in [0.25, 0.3) is 0 Å². The van der Waals surface area contributed by atoms with Gasteiger partial charge < -0.3 is 24.8 Å². The molecule has 6 heteroatoms. The zero-order valence-electron chi connectivity index (χ0n) is 20.4. The lowest BCUT2D eigenvalue weighted by Gasteiger charge is -2.30. The molecule has 0 fully saturated rings. The molecule has 1 amide bonds. The summed E-state index contributed by atoms with van der Waals surface area (Å²) in [4.78, 5) is 22.5. The molecule has 0 saturated heterocycles. The molecule has 0 spiro atoms. The Bertz CT molecular complexity index is 492. The lowest BCUT2D eigenvalue weighted by Crippen LogP contribution is -2.49. The summed E-state index contributed by atoms with van der Waals surface area (Å²) in [7, 11) is 3.71. The second-order valence-corrected chi connectivity index (χ2v) is 9.41. The Kier molecular flexibility index (Phi) is 18.4. The van der Waals surface area contributed by atoms with Gasteiger partial charge in [-0.05, 0) is 32.1 Å². The number of carboxylic acids is 1. The van der Waals surface area contributed by atoms with Crippen LogP contribution in [0.4, 0.5) is 0 Å². The number of carboxylic acid groups (broad SMARTS) is 1. The number of aliphatic hydroxyl groups excluding tert-OH is 1. The highest BCUT2D eigenvalue weighted by Crippen LogP contribution is 2.10. The number of nitrogens with zero attached hydrogens (tertiary/aromatic N) is 1. The number of allylic oxidation sites excluding steroid dienone is 1. The molecule has 182 valence electrons. The number of hydrogen-bond acceptors (Lipinski definition) is 4. The molecule has 1 unspecified atom stereocenters. The van der Waals surface area contributed by atoms with Crippen molar-refractivity contribution in [3.63, 3.8) is 0 Å². The molecule has 31 heavy (non-hydrogen) atoms. The van der Waals surface area contributed by atoms with Gasteiger partial charge in [0.2, 0.25) is 5.91 Å². The van der Waals surface area contributed by atoms with Crippen LogP contribution in [0.25, 0.3) is 0 Å². The van der Waals surface area contributed by atoms with E-state index in [4.69, 9.17) is 0 Å². The molecule has 0 radical (unpaired) electrons. The first kappa shape index (κ1) is 29.6. The molecule has 2 N–H and O–H groups in total. The zero-order chi connectivity index (χ0) is 23.4. The predicted molar refractivity (Wildman–Crippen MR) is 125 cm³/mol. The van der Waals surface area contributed by atoms with Crippen LogP contribution in [0.1, 0.15) is 96.8 Å². The van der Waals surface area contributed by atoms with E-state index >= 15 is 0 Å². The van der Waals surface area contributed by atoms with Crippen LogP contribution in [0, 0.1) is 0 Å². The summed E-state index contributed by atoms with van der Waals surface area (Å²) in [5.41, 5.74) is 0. The number of rotatable bonds is 21. The molecule has 0 aromatic heterocycles. The number of aliphatic hydroxyl groups is 1. The van der Waals surface area contributed by atoms with Crippen LogP contribution < -0.4 is 10.4 Å². The molecule has 0 saturated carbocycles. The first-order valence-corrected chi connectivity index (χ1v) is 12.4. The van der Waals surface area contributed by atoms with Crippen LogP contribution >= 0.6 is 0 Å². The van der Waals surface area contributed by atoms with E-state index in [0.29, 0.717) is 24.0 Å². The molecule has 0 aromatic rings. The molecule has 0 aromatic carbocycles. The predicted octanol–water partition coefficient (Wildman–Crippen LogP) is 3.33. The van der Waals surface area contributed by atoms with Crippen LogP contribution in [-0.4, -0.2) is 61.3 Å². The third-order valence-electron chi connectivity index (χ3n) is 5.56. The van der Waals surface area contributed by atoms with Crippen molar-refractivity contribution >= 4 is 11.9 Å². The first-order valence-electron chi connectivity index (χ1n) is 12.4. The van der Waals surface area contributed by atoms with Crippen molar-refractivity contribution in [1.29, 1.82) is 0 Å². The third-order valence-corrected chi connectivity index (χ3v) is 5.56. The highest BCUT2D eigenvalue weighted by atomic mass is 16.4. The van der Waals surface area contributed by atoms with Crippen LogP contribution in [0.2, 0.25) is 0 Å². The SMILES string of the molecule is CCCCCCC(O)CC=CCCCCCCCC(=O)NCCC[N+](C)(C)CC(=O)[O-]. The van der Waals surface area contributed by atoms with Gasteiger partial charge in [-0.3, -0.25) is 4.79 Å². The number of hydrogen-bond donors (Lipinski definition) is 2. The highest BCUT2D eigenvalue weighted by Gasteiger charge is 2.14. The van der Waals surface area contributed by atoms with E-state index in [9.17, 15) is 19.8 Å². The quantitative estimate of drug-likeness (QED) is 0.163. The van der Waals surface area contributed by atoms with Crippen molar-refractivity contribution in [2.24, 2.45) is 0 Å². The Morgan fingerprint density at radius 3 is 2.35 bits per heavy atom. The van der Waals surface area contributed by atoms with Gasteiger partial charge >= 0.3 is 0 Å². The minimum Gasteiger partial charge on any atom is -0.544 e. The summed E-state index contributed by atoms with van der Waals surface area (Å²) in [6.07, 6.45) is 18.5. The molecule has 0 rings (SSSR count). The number of carbonyl (C=O) groups is 2. The summed E-state index contributed by atoms with van der Waals surface area (Å²) in [5.74, 6) is -0.960. The van der Waals surface area contributed by atoms with Crippen LogP contribution in [-0.2, 0) is 9.59 Å². The number of unbranched alkanes of at least 4 members (excludes halogenated alkanes) is 8. The van der Waals surface area contributed by atoms with Crippen LogP contribution in [0.5, 0.6) is 0 Å². The van der Waals surface area contributed by atoms with E-state index in [-0.39, 0.29) is 18.6 Å². The fourth-order valence-corrected chi connectivity index (χ4v) is 3.63. The van der Waals surface area contributed by atoms with Gasteiger partial charge in [-0.25, -0.2) is 0 Å². The summed E-state index contributed by atoms with van der Waals surface area (Å²) in [5, 5.41) is 23.5. The molecule has 0 aliphatic rings. The monoisotopic (exact) mass is 440 g/mol. The number of quaternary nitrogens is 1. The van der Waals surface area contributed by atoms with Gasteiger partial charge in [-0.2, -0.15) is 0 Å². The Labute approximate surface area is 190 Å². The van der Waals surface area contributed by atoms with E-state index in [2.05, 4.69) is 24.4 Å². The summed E-state index contributed by atoms with van der Waals surface area (Å²) in [6, 6.07) is 0. The minimum absolute atomic E-state index is 0.00911. The largest absolute Gasteiger partial charge is 0.544 e. The molecule has 0 heterocycles. The average molecular weight is 441 g/mol. The van der Waals surface area contributed by atoms with E-state index in [1.54, 1.807) is 0 Å². The lowest BCUT2D eigenvalue weighted by atomic mass is 10.1. The Balaban J connectivity index is 3.48. The smallest absolute Gasteiger partial charge is 0.219 e. The van der Waals surface area contributed by atoms with E-state index in [0.717, 1.165) is 57.8 Å². The summed E-state index contributed by atoms with van der Waals surface area (Å²) >= 11 is 0. The van der Waals surface area contributed by atoms with Crippen molar-refractivity contribution in [3.8, 4) is 0 Å². The first-order chi connectivity index (χ1) is 14.8. The van der Waals surface area contributed by atoms with Crippen molar-refractivity contribution in [2.75, 3.05) is 33.7 Å². The Morgan fingerprint density at radius 1 is 0.968 bits per heavy atom. The van der Waals surface area contributed by atoms with E-state index < -0.39 is 5.97 Å². The zero-order valence-corrected chi connectivity index (χ0v) is 20.4. The highest BCUT2D eigenvalue weighted by molar-refractivity contribution is 5.75. The summed E-state index contributed by atoms with van der Waals surface area (Å²) < 4.78 is 0.368. The minimum atomic E-state index is -1.04. The lowest BCUT2D eigenvalue weighted by molar-refractivity contribution is -0.884. The number of aliphatic carboxylic acids is 1. The fourth-order valence-electron chi connectivity index (χ4n) is 3.63. The maximum Gasteiger partial charge on any atom is 0.219 e. The fraction of sp³-hybridized carbons (Fsp3) is 0.840. The van der Waals surface area contributed by atoms with Gasteiger partial charge in [0.15, 0.2) is 0 Å². The molecule has 1 atom stereocenters. The molecular weight excluding hydrogens is 392 g/mol. The molecule has 6 nitrogen and oxygen atoms in total. The Hall–Kier alpha value is -1.40. The second-order valence-electron chi connectivity index (χ2n) is 9.41. The summed E-state index contributed by atoms with van der Waals surface area (Å²) in [6.45, 7) is 3.48. The maximum atomic E-state index is 11.9. The van der Waals surface area contributed by atoms with E-state index in [1.165, 1.54) is 25.7 Å². The normalized spacial score (nSPS) is 12.9. The number of nitrogens with one attached hydrogen (secondary N) is 1. The average Bonchev–Trinajstić information content (AvgIpc) is 2.69. The molecule has 0 bridgehead atoms. The number of amides is 1. The number of carbonyl (C=O) groups excluding carboxylic acids is 2. The third kappa shape index (κ3) is 21.6. The molecular formula is C25H48N2O4. The second kappa shape index (κ2) is 19.3. The van der Waals surface area contributed by atoms with Crippen molar-refractivity contribution in [2.45, 2.75) is 103 Å².